The fourth-order valence-corrected chi connectivity index (χ4v) is 2.64. The number of nitrogens with zero attached hydrogens (tertiary/aromatic N) is 2. The maximum absolute atomic E-state index is 14.0. The monoisotopic (exact) mass is 299 g/mol. The predicted octanol–water partition coefficient (Wildman–Crippen LogP) is 3.28. The van der Waals surface area contributed by atoms with Crippen molar-refractivity contribution in [3.05, 3.63) is 45.0 Å². The van der Waals surface area contributed by atoms with E-state index in [0.717, 1.165) is 28.3 Å². The Morgan fingerprint density at radius 1 is 1.45 bits per heavy atom. The van der Waals surface area contributed by atoms with Crippen LogP contribution in [0.4, 0.5) is 14.5 Å². The van der Waals surface area contributed by atoms with Crippen molar-refractivity contribution >= 4 is 17.0 Å². The van der Waals surface area contributed by atoms with Gasteiger partial charge in [0.2, 0.25) is 5.82 Å². The zero-order chi connectivity index (χ0) is 14.9. The summed E-state index contributed by atoms with van der Waals surface area (Å²) in [6.07, 6.45) is 1.50. The number of rotatable bonds is 4. The Hall–Kier alpha value is -1.93. The molecule has 0 amide bonds. The molecule has 20 heavy (non-hydrogen) atoms. The lowest BCUT2D eigenvalue weighted by molar-refractivity contribution is -0.387. The molecule has 1 aromatic carbocycles. The fourth-order valence-electron chi connectivity index (χ4n) is 1.62. The molecule has 1 unspecified atom stereocenters. The Kier molecular flexibility index (Phi) is 4.05. The molecule has 0 bridgehead atoms. The molecule has 1 heterocycles. The van der Waals surface area contributed by atoms with Crippen LogP contribution in [-0.2, 0) is 0 Å². The Morgan fingerprint density at radius 3 is 2.75 bits per heavy atom. The van der Waals surface area contributed by atoms with Crippen LogP contribution in [0.1, 0.15) is 17.8 Å². The number of hydrogen-bond donors (Lipinski definition) is 1. The summed E-state index contributed by atoms with van der Waals surface area (Å²) in [6, 6.07) is 1.66. The van der Waals surface area contributed by atoms with Crippen LogP contribution in [0.5, 0.6) is 0 Å². The van der Waals surface area contributed by atoms with Crippen molar-refractivity contribution in [2.75, 3.05) is 7.05 Å². The molecule has 1 aromatic heterocycles. The van der Waals surface area contributed by atoms with Crippen LogP contribution in [0.25, 0.3) is 10.6 Å². The van der Waals surface area contributed by atoms with Crippen molar-refractivity contribution in [3.63, 3.8) is 0 Å². The summed E-state index contributed by atoms with van der Waals surface area (Å²) in [5.41, 5.74) is -1.22. The van der Waals surface area contributed by atoms with E-state index in [0.29, 0.717) is 0 Å². The van der Waals surface area contributed by atoms with Gasteiger partial charge < -0.3 is 5.32 Å². The van der Waals surface area contributed by atoms with Crippen LogP contribution >= 0.6 is 11.3 Å². The molecule has 106 valence electrons. The number of nitro benzene ring substituents is 1. The Bertz CT molecular complexity index is 660. The van der Waals surface area contributed by atoms with E-state index in [-0.39, 0.29) is 11.0 Å². The number of hydrogen-bond acceptors (Lipinski definition) is 5. The number of thiazole rings is 1. The fraction of sp³-hybridized carbons (Fsp3) is 0.250. The molecule has 0 saturated carbocycles. The van der Waals surface area contributed by atoms with Gasteiger partial charge in [-0.25, -0.2) is 9.37 Å². The van der Waals surface area contributed by atoms with E-state index in [1.54, 1.807) is 7.05 Å². The summed E-state index contributed by atoms with van der Waals surface area (Å²) in [6.45, 7) is 1.87. The molecule has 2 aromatic rings. The van der Waals surface area contributed by atoms with Crippen molar-refractivity contribution in [1.82, 2.24) is 10.3 Å². The Morgan fingerprint density at radius 2 is 2.15 bits per heavy atom. The molecule has 8 heteroatoms. The Balaban J connectivity index is 2.55. The van der Waals surface area contributed by atoms with E-state index in [1.807, 2.05) is 6.92 Å². The summed E-state index contributed by atoms with van der Waals surface area (Å²) in [5.74, 6) is -2.07. The van der Waals surface area contributed by atoms with Crippen LogP contribution in [0.15, 0.2) is 18.3 Å². The van der Waals surface area contributed by atoms with Gasteiger partial charge in [-0.2, -0.15) is 4.39 Å². The highest BCUT2D eigenvalue weighted by Crippen LogP contribution is 2.35. The third-order valence-electron chi connectivity index (χ3n) is 2.86. The average molecular weight is 299 g/mol. The lowest BCUT2D eigenvalue weighted by atomic mass is 10.2. The van der Waals surface area contributed by atoms with Gasteiger partial charge in [-0.05, 0) is 20.0 Å². The topological polar surface area (TPSA) is 68.1 Å². The van der Waals surface area contributed by atoms with Crippen molar-refractivity contribution in [2.45, 2.75) is 13.0 Å². The van der Waals surface area contributed by atoms with Gasteiger partial charge in [0, 0.05) is 23.2 Å². The molecule has 1 atom stereocenters. The average Bonchev–Trinajstić information content (AvgIpc) is 2.87. The first-order chi connectivity index (χ1) is 9.45. The lowest BCUT2D eigenvalue weighted by Gasteiger charge is -2.05. The van der Waals surface area contributed by atoms with Gasteiger partial charge in [0.1, 0.15) is 10.8 Å². The summed E-state index contributed by atoms with van der Waals surface area (Å²) in [4.78, 5) is 14.5. The summed E-state index contributed by atoms with van der Waals surface area (Å²) < 4.78 is 27.8. The number of halogens is 2. The van der Waals surface area contributed by atoms with E-state index in [2.05, 4.69) is 10.3 Å². The first-order valence-corrected chi connectivity index (χ1v) is 6.53. The SMILES string of the molecule is CNC(C)c1cnc(-c2c(F)ccc([N+](=O)[O-])c2F)s1. The first kappa shape index (κ1) is 14.5. The van der Waals surface area contributed by atoms with Crippen molar-refractivity contribution in [1.29, 1.82) is 0 Å². The van der Waals surface area contributed by atoms with E-state index in [1.165, 1.54) is 6.20 Å². The van der Waals surface area contributed by atoms with E-state index in [9.17, 15) is 18.9 Å². The normalized spacial score (nSPS) is 12.4. The lowest BCUT2D eigenvalue weighted by Crippen LogP contribution is -2.10. The highest BCUT2D eigenvalue weighted by molar-refractivity contribution is 7.15. The molecule has 0 spiro atoms. The molecule has 0 aliphatic rings. The quantitative estimate of drug-likeness (QED) is 0.695. The van der Waals surface area contributed by atoms with Gasteiger partial charge in [0.25, 0.3) is 0 Å². The van der Waals surface area contributed by atoms with E-state index >= 15 is 0 Å². The molecule has 2 rings (SSSR count). The summed E-state index contributed by atoms with van der Waals surface area (Å²) in [7, 11) is 1.75. The van der Waals surface area contributed by atoms with Crippen molar-refractivity contribution < 1.29 is 13.7 Å². The van der Waals surface area contributed by atoms with Crippen LogP contribution in [0.2, 0.25) is 0 Å². The standard InChI is InChI=1S/C12H11F2N3O2S/c1-6(15-2)9-5-16-12(20-9)10-7(13)3-4-8(11(10)14)17(18)19/h3-6,15H,1-2H3. The van der Waals surface area contributed by atoms with Crippen molar-refractivity contribution in [2.24, 2.45) is 0 Å². The minimum Gasteiger partial charge on any atom is -0.312 e. The van der Waals surface area contributed by atoms with Gasteiger partial charge in [-0.3, -0.25) is 10.1 Å². The molecular formula is C12H11F2N3O2S. The predicted molar refractivity (Wildman–Crippen MR) is 71.6 cm³/mol. The van der Waals surface area contributed by atoms with Gasteiger partial charge in [0.05, 0.1) is 10.5 Å². The molecule has 0 aliphatic heterocycles. The van der Waals surface area contributed by atoms with Gasteiger partial charge in [-0.15, -0.1) is 11.3 Å². The second-order valence-electron chi connectivity index (χ2n) is 4.09. The smallest absolute Gasteiger partial charge is 0.305 e. The van der Waals surface area contributed by atoms with Crippen molar-refractivity contribution in [3.8, 4) is 10.6 Å². The molecule has 0 fully saturated rings. The molecule has 5 nitrogen and oxygen atoms in total. The van der Waals surface area contributed by atoms with E-state index < -0.39 is 27.8 Å². The highest BCUT2D eigenvalue weighted by atomic mass is 32.1. The van der Waals surface area contributed by atoms with E-state index in [4.69, 9.17) is 0 Å². The maximum atomic E-state index is 14.0. The molecule has 0 radical (unpaired) electrons. The summed E-state index contributed by atoms with van der Waals surface area (Å²) >= 11 is 1.09. The molecule has 0 aliphatic carbocycles. The van der Waals surface area contributed by atoms with Crippen LogP contribution in [0, 0.1) is 21.7 Å². The van der Waals surface area contributed by atoms with Gasteiger partial charge >= 0.3 is 5.69 Å². The zero-order valence-electron chi connectivity index (χ0n) is 10.7. The van der Waals surface area contributed by atoms with Crippen LogP contribution in [0.3, 0.4) is 0 Å². The maximum Gasteiger partial charge on any atom is 0.305 e. The number of benzene rings is 1. The molecular weight excluding hydrogens is 288 g/mol. The third-order valence-corrected chi connectivity index (χ3v) is 4.06. The second-order valence-corrected chi connectivity index (χ2v) is 5.15. The van der Waals surface area contributed by atoms with Gasteiger partial charge in [-0.1, -0.05) is 0 Å². The summed E-state index contributed by atoms with van der Waals surface area (Å²) in [5, 5.41) is 13.8. The largest absolute Gasteiger partial charge is 0.312 e. The minimum atomic E-state index is -1.20. The number of nitrogens with one attached hydrogen (secondary N) is 1. The number of aromatic nitrogens is 1. The molecule has 0 saturated heterocycles. The molecule has 1 N–H and O–H groups in total. The first-order valence-electron chi connectivity index (χ1n) is 5.71. The number of nitro groups is 1. The minimum absolute atomic E-state index is 0.0222. The second kappa shape index (κ2) is 5.59. The van der Waals surface area contributed by atoms with Gasteiger partial charge in [0.15, 0.2) is 0 Å². The van der Waals surface area contributed by atoms with Crippen LogP contribution < -0.4 is 5.32 Å². The Labute approximate surface area is 117 Å². The third kappa shape index (κ3) is 2.52. The van der Waals surface area contributed by atoms with Crippen LogP contribution in [-0.4, -0.2) is 17.0 Å². The zero-order valence-corrected chi connectivity index (χ0v) is 11.5. The highest BCUT2D eigenvalue weighted by Gasteiger charge is 2.24.